The Morgan fingerprint density at radius 3 is 2.88 bits per heavy atom. The van der Waals surface area contributed by atoms with Crippen LogP contribution in [0, 0.1) is 0 Å². The molecule has 2 rings (SSSR count). The highest BCUT2D eigenvalue weighted by molar-refractivity contribution is 5.95. The van der Waals surface area contributed by atoms with Gasteiger partial charge in [-0.05, 0) is 12.8 Å². The summed E-state index contributed by atoms with van der Waals surface area (Å²) in [6, 6.07) is -0.795. The molecule has 0 aliphatic carbocycles. The minimum absolute atomic E-state index is 0.0535. The summed E-state index contributed by atoms with van der Waals surface area (Å²) in [5.74, 6) is -1.48. The van der Waals surface area contributed by atoms with Gasteiger partial charge in [0, 0.05) is 12.7 Å². The molecule has 1 aromatic rings. The molecular formula is C10H11N3O4. The number of hydrogen-bond acceptors (Lipinski definition) is 4. The molecule has 2 heterocycles. The van der Waals surface area contributed by atoms with E-state index < -0.39 is 23.5 Å². The van der Waals surface area contributed by atoms with Crippen molar-refractivity contribution in [3.8, 4) is 0 Å². The Hall–Kier alpha value is -2.18. The van der Waals surface area contributed by atoms with Gasteiger partial charge in [-0.3, -0.25) is 9.59 Å². The lowest BCUT2D eigenvalue weighted by atomic mass is 10.2. The number of nitrogens with one attached hydrogen (secondary N) is 1. The largest absolute Gasteiger partial charge is 0.480 e. The molecule has 2 N–H and O–H groups in total. The first-order valence-corrected chi connectivity index (χ1v) is 5.18. The quantitative estimate of drug-likeness (QED) is 0.718. The molecule has 0 bridgehead atoms. The molecule has 1 saturated heterocycles. The predicted molar refractivity (Wildman–Crippen MR) is 56.6 cm³/mol. The third-order valence-electron chi connectivity index (χ3n) is 2.69. The van der Waals surface area contributed by atoms with E-state index in [0.29, 0.717) is 19.4 Å². The van der Waals surface area contributed by atoms with Crippen LogP contribution in [-0.2, 0) is 4.79 Å². The van der Waals surface area contributed by atoms with Crippen LogP contribution in [0.15, 0.2) is 17.2 Å². The van der Waals surface area contributed by atoms with Gasteiger partial charge in [-0.1, -0.05) is 0 Å². The highest BCUT2D eigenvalue weighted by Gasteiger charge is 2.34. The Bertz CT molecular complexity index is 490. The number of aromatic nitrogens is 2. The Morgan fingerprint density at radius 2 is 2.29 bits per heavy atom. The fourth-order valence-corrected chi connectivity index (χ4v) is 1.87. The molecule has 1 aliphatic heterocycles. The smallest absolute Gasteiger partial charge is 0.326 e. The van der Waals surface area contributed by atoms with Crippen LogP contribution in [0.3, 0.4) is 0 Å². The molecule has 1 atom stereocenters. The van der Waals surface area contributed by atoms with Crippen LogP contribution in [0.5, 0.6) is 0 Å². The van der Waals surface area contributed by atoms with Crippen LogP contribution >= 0.6 is 0 Å². The number of carboxylic acid groups (broad SMARTS) is 1. The first-order valence-electron chi connectivity index (χ1n) is 5.18. The summed E-state index contributed by atoms with van der Waals surface area (Å²) in [6.07, 6.45) is 3.30. The summed E-state index contributed by atoms with van der Waals surface area (Å²) in [4.78, 5) is 41.0. The van der Waals surface area contributed by atoms with Gasteiger partial charge in [-0.2, -0.15) is 0 Å². The Kier molecular flexibility index (Phi) is 2.90. The van der Waals surface area contributed by atoms with E-state index in [-0.39, 0.29) is 5.69 Å². The molecule has 1 aromatic heterocycles. The minimum atomic E-state index is -1.01. The highest BCUT2D eigenvalue weighted by atomic mass is 16.4. The van der Waals surface area contributed by atoms with Gasteiger partial charge >= 0.3 is 5.97 Å². The van der Waals surface area contributed by atoms with E-state index in [4.69, 9.17) is 5.11 Å². The summed E-state index contributed by atoms with van der Waals surface area (Å²) >= 11 is 0. The summed E-state index contributed by atoms with van der Waals surface area (Å²) < 4.78 is 0. The average molecular weight is 237 g/mol. The lowest BCUT2D eigenvalue weighted by Gasteiger charge is -2.20. The lowest BCUT2D eigenvalue weighted by Crippen LogP contribution is -2.40. The fraction of sp³-hybridized carbons (Fsp3) is 0.400. The Labute approximate surface area is 96.1 Å². The normalized spacial score (nSPS) is 19.3. The van der Waals surface area contributed by atoms with E-state index in [0.717, 1.165) is 6.20 Å². The molecule has 0 unspecified atom stereocenters. The maximum atomic E-state index is 12.0. The molecule has 1 amide bonds. The number of nitrogens with zero attached hydrogens (tertiary/aromatic N) is 2. The van der Waals surface area contributed by atoms with E-state index in [9.17, 15) is 14.4 Å². The first-order chi connectivity index (χ1) is 8.09. The summed E-state index contributed by atoms with van der Waals surface area (Å²) in [6.45, 7) is 0.399. The monoisotopic (exact) mass is 237 g/mol. The van der Waals surface area contributed by atoms with Crippen LogP contribution in [-0.4, -0.2) is 44.4 Å². The van der Waals surface area contributed by atoms with Gasteiger partial charge in [0.05, 0.1) is 6.20 Å². The zero-order valence-electron chi connectivity index (χ0n) is 8.92. The molecule has 1 aliphatic rings. The van der Waals surface area contributed by atoms with Crippen molar-refractivity contribution in [3.05, 3.63) is 28.4 Å². The van der Waals surface area contributed by atoms with Gasteiger partial charge in [0.2, 0.25) is 0 Å². The van der Waals surface area contributed by atoms with Crippen molar-refractivity contribution in [2.24, 2.45) is 0 Å². The number of carbonyl (C=O) groups is 2. The van der Waals surface area contributed by atoms with Crippen molar-refractivity contribution in [2.75, 3.05) is 6.54 Å². The van der Waals surface area contributed by atoms with E-state index >= 15 is 0 Å². The average Bonchev–Trinajstić information content (AvgIpc) is 2.78. The molecule has 0 saturated carbocycles. The van der Waals surface area contributed by atoms with Crippen molar-refractivity contribution in [3.63, 3.8) is 0 Å². The zero-order valence-corrected chi connectivity index (χ0v) is 8.92. The second-order valence-corrected chi connectivity index (χ2v) is 3.79. The van der Waals surface area contributed by atoms with Gasteiger partial charge in [-0.15, -0.1) is 0 Å². The molecule has 17 heavy (non-hydrogen) atoms. The van der Waals surface area contributed by atoms with E-state index in [2.05, 4.69) is 9.97 Å². The van der Waals surface area contributed by atoms with Crippen LogP contribution in [0.2, 0.25) is 0 Å². The number of likely N-dealkylation sites (tertiary alicyclic amines) is 1. The Morgan fingerprint density at radius 1 is 1.53 bits per heavy atom. The lowest BCUT2D eigenvalue weighted by molar-refractivity contribution is -0.141. The molecule has 0 radical (unpaired) electrons. The molecule has 7 heteroatoms. The number of rotatable bonds is 2. The van der Waals surface area contributed by atoms with Gasteiger partial charge < -0.3 is 15.0 Å². The van der Waals surface area contributed by atoms with E-state index in [1.165, 1.54) is 11.1 Å². The number of carbonyl (C=O) groups excluding carboxylic acids is 1. The highest BCUT2D eigenvalue weighted by Crippen LogP contribution is 2.19. The second kappa shape index (κ2) is 4.36. The van der Waals surface area contributed by atoms with Crippen molar-refractivity contribution in [2.45, 2.75) is 18.9 Å². The van der Waals surface area contributed by atoms with Crippen LogP contribution in [0.1, 0.15) is 23.3 Å². The van der Waals surface area contributed by atoms with Gasteiger partial charge in [0.1, 0.15) is 11.7 Å². The fourth-order valence-electron chi connectivity index (χ4n) is 1.87. The SMILES string of the molecule is O=C(O)[C@H]1CCCN1C(=O)c1c[nH]c(=O)cn1. The molecule has 0 spiro atoms. The predicted octanol–water partition coefficient (Wildman–Crippen LogP) is -0.541. The molecule has 0 aromatic carbocycles. The topological polar surface area (TPSA) is 103 Å². The number of aromatic amines is 1. The van der Waals surface area contributed by atoms with Gasteiger partial charge in [-0.25, -0.2) is 9.78 Å². The van der Waals surface area contributed by atoms with Crippen LogP contribution in [0.25, 0.3) is 0 Å². The van der Waals surface area contributed by atoms with Gasteiger partial charge in [0.15, 0.2) is 0 Å². The minimum Gasteiger partial charge on any atom is -0.480 e. The third-order valence-corrected chi connectivity index (χ3v) is 2.69. The van der Waals surface area contributed by atoms with Crippen LogP contribution in [0.4, 0.5) is 0 Å². The van der Waals surface area contributed by atoms with Crippen molar-refractivity contribution < 1.29 is 14.7 Å². The molecule has 1 fully saturated rings. The number of H-pyrrole nitrogens is 1. The summed E-state index contributed by atoms with van der Waals surface area (Å²) in [5.41, 5.74) is -0.351. The zero-order chi connectivity index (χ0) is 12.4. The number of amides is 1. The summed E-state index contributed by atoms with van der Waals surface area (Å²) in [5, 5.41) is 8.95. The third kappa shape index (κ3) is 2.17. The number of aliphatic carboxylic acids is 1. The molecular weight excluding hydrogens is 226 g/mol. The Balaban J connectivity index is 2.22. The summed E-state index contributed by atoms with van der Waals surface area (Å²) in [7, 11) is 0. The van der Waals surface area contributed by atoms with E-state index in [1.54, 1.807) is 0 Å². The molecule has 90 valence electrons. The van der Waals surface area contributed by atoms with E-state index in [1.807, 2.05) is 0 Å². The maximum absolute atomic E-state index is 12.0. The standard InChI is InChI=1S/C10H11N3O4/c14-8-5-11-6(4-12-8)9(15)13-3-1-2-7(13)10(16)17/h4-5,7H,1-3H2,(H,12,14)(H,16,17)/t7-/m1/s1. The molecule has 7 nitrogen and oxygen atoms in total. The van der Waals surface area contributed by atoms with Crippen LogP contribution < -0.4 is 5.56 Å². The number of hydrogen-bond donors (Lipinski definition) is 2. The first kappa shape index (κ1) is 11.3. The second-order valence-electron chi connectivity index (χ2n) is 3.79. The maximum Gasteiger partial charge on any atom is 0.326 e. The number of carboxylic acids is 1. The van der Waals surface area contributed by atoms with Crippen molar-refractivity contribution in [1.29, 1.82) is 0 Å². The van der Waals surface area contributed by atoms with Crippen molar-refractivity contribution >= 4 is 11.9 Å². The van der Waals surface area contributed by atoms with Crippen molar-refractivity contribution in [1.82, 2.24) is 14.9 Å². The van der Waals surface area contributed by atoms with Gasteiger partial charge in [0.25, 0.3) is 11.5 Å².